The molecular formula is C29H28NP. The van der Waals surface area contributed by atoms with Crippen molar-refractivity contribution >= 4 is 34.7 Å². The molecule has 1 saturated carbocycles. The molecule has 0 N–H and O–H groups in total. The van der Waals surface area contributed by atoms with Gasteiger partial charge in [-0.3, -0.25) is 4.98 Å². The van der Waals surface area contributed by atoms with Gasteiger partial charge >= 0.3 is 0 Å². The van der Waals surface area contributed by atoms with Crippen LogP contribution in [0.3, 0.4) is 0 Å². The highest BCUT2D eigenvalue weighted by Gasteiger charge is 2.60. The summed E-state index contributed by atoms with van der Waals surface area (Å²) in [5, 5.41) is 5.43. The molecule has 4 aromatic rings. The maximum Gasteiger partial charge on any atom is 0.0789 e. The van der Waals surface area contributed by atoms with Crippen molar-refractivity contribution in [3.8, 4) is 0 Å². The average Bonchev–Trinajstić information content (AvgIpc) is 3.12. The lowest BCUT2D eigenvalue weighted by Gasteiger charge is -2.34. The molecule has 31 heavy (non-hydrogen) atoms. The molecule has 1 nitrogen and oxygen atoms in total. The normalized spacial score (nSPS) is 23.4. The van der Waals surface area contributed by atoms with Gasteiger partial charge in [-0.05, 0) is 54.3 Å². The summed E-state index contributed by atoms with van der Waals surface area (Å²) in [5.41, 5.74) is 4.53. The molecule has 154 valence electrons. The summed E-state index contributed by atoms with van der Waals surface area (Å²) in [7, 11) is -0.663. The Hall–Kier alpha value is -2.50. The number of hydrogen-bond acceptors (Lipinski definition) is 1. The molecular weight excluding hydrogens is 393 g/mol. The van der Waals surface area contributed by atoms with E-state index in [9.17, 15) is 0 Å². The molecule has 2 atom stereocenters. The second-order valence-corrected chi connectivity index (χ2v) is 12.1. The number of fused-ring (bicyclic) bond motifs is 6. The van der Waals surface area contributed by atoms with Crippen molar-refractivity contribution in [1.82, 2.24) is 4.98 Å². The zero-order chi connectivity index (χ0) is 21.2. The van der Waals surface area contributed by atoms with E-state index in [1.54, 1.807) is 0 Å². The molecule has 6 rings (SSSR count). The van der Waals surface area contributed by atoms with Crippen LogP contribution in [0.1, 0.15) is 50.8 Å². The zero-order valence-corrected chi connectivity index (χ0v) is 19.4. The van der Waals surface area contributed by atoms with Gasteiger partial charge in [0.25, 0.3) is 0 Å². The third-order valence-corrected chi connectivity index (χ3v) is 10.7. The van der Waals surface area contributed by atoms with Crippen LogP contribution < -0.4 is 15.9 Å². The SMILES string of the molecule is CC1(C)[C@@H]2CC[C@@]1(C)c1nc3c(P(c4ccccc4)c4ccccc4)cccc3cc12. The van der Waals surface area contributed by atoms with Gasteiger partial charge in [0, 0.05) is 16.1 Å². The Morgan fingerprint density at radius 3 is 2.10 bits per heavy atom. The minimum Gasteiger partial charge on any atom is -0.251 e. The van der Waals surface area contributed by atoms with E-state index in [1.165, 1.54) is 50.9 Å². The summed E-state index contributed by atoms with van der Waals surface area (Å²) in [6.45, 7) is 7.37. The Morgan fingerprint density at radius 2 is 1.45 bits per heavy atom. The van der Waals surface area contributed by atoms with Gasteiger partial charge in [-0.2, -0.15) is 0 Å². The lowest BCUT2D eigenvalue weighted by Crippen LogP contribution is -2.32. The van der Waals surface area contributed by atoms with E-state index in [2.05, 4.69) is 106 Å². The number of nitrogens with zero attached hydrogens (tertiary/aromatic N) is 1. The van der Waals surface area contributed by atoms with Gasteiger partial charge in [-0.1, -0.05) is 99.6 Å². The molecule has 1 heterocycles. The highest BCUT2D eigenvalue weighted by Crippen LogP contribution is 2.67. The van der Waals surface area contributed by atoms with Crippen molar-refractivity contribution in [2.75, 3.05) is 0 Å². The molecule has 1 aromatic heterocycles. The van der Waals surface area contributed by atoms with Crippen LogP contribution in [0.5, 0.6) is 0 Å². The average molecular weight is 422 g/mol. The van der Waals surface area contributed by atoms with Gasteiger partial charge in [0.15, 0.2) is 0 Å². The predicted octanol–water partition coefficient (Wildman–Crippen LogP) is 6.17. The number of benzene rings is 3. The molecule has 1 fully saturated rings. The molecule has 2 heteroatoms. The summed E-state index contributed by atoms with van der Waals surface area (Å²) >= 11 is 0. The molecule has 3 aromatic carbocycles. The fourth-order valence-corrected chi connectivity index (χ4v) is 8.56. The smallest absolute Gasteiger partial charge is 0.0789 e. The van der Waals surface area contributed by atoms with E-state index in [4.69, 9.17) is 4.98 Å². The van der Waals surface area contributed by atoms with Gasteiger partial charge in [0.1, 0.15) is 0 Å². The minimum atomic E-state index is -0.663. The molecule has 0 spiro atoms. The predicted molar refractivity (Wildman–Crippen MR) is 134 cm³/mol. The third kappa shape index (κ3) is 2.63. The third-order valence-electron chi connectivity index (χ3n) is 8.25. The van der Waals surface area contributed by atoms with Gasteiger partial charge in [0.2, 0.25) is 0 Å². The van der Waals surface area contributed by atoms with E-state index in [0.29, 0.717) is 5.92 Å². The quantitative estimate of drug-likeness (QED) is 0.361. The van der Waals surface area contributed by atoms with Gasteiger partial charge in [-0.15, -0.1) is 0 Å². The van der Waals surface area contributed by atoms with E-state index >= 15 is 0 Å². The van der Waals surface area contributed by atoms with Crippen LogP contribution >= 0.6 is 7.92 Å². The molecule has 0 amide bonds. The van der Waals surface area contributed by atoms with Crippen molar-refractivity contribution in [3.63, 3.8) is 0 Å². The van der Waals surface area contributed by atoms with Crippen molar-refractivity contribution in [2.24, 2.45) is 5.41 Å². The van der Waals surface area contributed by atoms with E-state index < -0.39 is 7.92 Å². The highest BCUT2D eigenvalue weighted by atomic mass is 31.1. The van der Waals surface area contributed by atoms with Gasteiger partial charge < -0.3 is 0 Å². The van der Waals surface area contributed by atoms with E-state index in [-0.39, 0.29) is 10.8 Å². The number of hydrogen-bond donors (Lipinski definition) is 0. The van der Waals surface area contributed by atoms with Crippen molar-refractivity contribution < 1.29 is 0 Å². The Morgan fingerprint density at radius 1 is 0.806 bits per heavy atom. The van der Waals surface area contributed by atoms with Crippen molar-refractivity contribution in [1.29, 1.82) is 0 Å². The van der Waals surface area contributed by atoms with Crippen molar-refractivity contribution in [3.05, 3.63) is 96.2 Å². The summed E-state index contributed by atoms with van der Waals surface area (Å²) in [4.78, 5) is 5.49. The Balaban J connectivity index is 1.62. The Kier molecular flexibility index (Phi) is 4.18. The first kappa shape index (κ1) is 19.2. The lowest BCUT2D eigenvalue weighted by atomic mass is 9.70. The topological polar surface area (TPSA) is 12.9 Å². The maximum atomic E-state index is 5.49. The summed E-state index contributed by atoms with van der Waals surface area (Å²) in [6, 6.07) is 31.2. The molecule has 2 aliphatic rings. The number of rotatable bonds is 3. The molecule has 2 bridgehead atoms. The monoisotopic (exact) mass is 421 g/mol. The van der Waals surface area contributed by atoms with Crippen LogP contribution in [0.2, 0.25) is 0 Å². The minimum absolute atomic E-state index is 0.177. The second kappa shape index (κ2) is 6.75. The number of aromatic nitrogens is 1. The first-order valence-corrected chi connectivity index (χ1v) is 12.7. The highest BCUT2D eigenvalue weighted by molar-refractivity contribution is 7.80. The summed E-state index contributed by atoms with van der Waals surface area (Å²) in [6.07, 6.45) is 2.55. The standard InChI is InChI=1S/C29H28NP/c1-28(2)24-17-18-29(28,3)27-23(24)19-20-11-10-16-25(26(20)30-27)31(21-12-6-4-7-13-21)22-14-8-5-9-15-22/h4-16,19,24H,17-18H2,1-3H3/t24-,29+/m1/s1. The molecule has 0 saturated heterocycles. The molecule has 0 radical (unpaired) electrons. The Bertz CT molecular complexity index is 1240. The number of para-hydroxylation sites is 1. The van der Waals surface area contributed by atoms with Crippen LogP contribution in [0.4, 0.5) is 0 Å². The zero-order valence-electron chi connectivity index (χ0n) is 18.5. The molecule has 0 aliphatic heterocycles. The van der Waals surface area contributed by atoms with Gasteiger partial charge in [0.05, 0.1) is 11.2 Å². The first-order valence-electron chi connectivity index (χ1n) is 11.3. The van der Waals surface area contributed by atoms with Crippen LogP contribution in [-0.4, -0.2) is 4.98 Å². The van der Waals surface area contributed by atoms with E-state index in [0.717, 1.165) is 0 Å². The lowest BCUT2D eigenvalue weighted by molar-refractivity contribution is 0.227. The summed E-state index contributed by atoms with van der Waals surface area (Å²) in [5.74, 6) is 0.637. The fraction of sp³-hybridized carbons (Fsp3) is 0.276. The summed E-state index contributed by atoms with van der Waals surface area (Å²) < 4.78 is 0. The molecule has 2 aliphatic carbocycles. The molecule has 0 unspecified atom stereocenters. The van der Waals surface area contributed by atoms with Crippen LogP contribution in [0.25, 0.3) is 10.9 Å². The fourth-order valence-electron chi connectivity index (χ4n) is 6.14. The first-order chi connectivity index (χ1) is 15.0. The van der Waals surface area contributed by atoms with Crippen LogP contribution in [0.15, 0.2) is 84.9 Å². The van der Waals surface area contributed by atoms with Crippen LogP contribution in [0, 0.1) is 5.41 Å². The van der Waals surface area contributed by atoms with Crippen molar-refractivity contribution in [2.45, 2.75) is 44.9 Å². The maximum absolute atomic E-state index is 5.49. The largest absolute Gasteiger partial charge is 0.251 e. The van der Waals surface area contributed by atoms with Gasteiger partial charge in [-0.25, -0.2) is 0 Å². The second-order valence-electron chi connectivity index (χ2n) is 9.93. The number of pyridine rings is 1. The van der Waals surface area contributed by atoms with E-state index in [1.807, 2.05) is 0 Å². The Labute approximate surface area is 186 Å². The van der Waals surface area contributed by atoms with Crippen LogP contribution in [-0.2, 0) is 5.41 Å².